The fourth-order valence-electron chi connectivity index (χ4n) is 2.23. The van der Waals surface area contributed by atoms with Gasteiger partial charge in [-0.2, -0.15) is 0 Å². The lowest BCUT2D eigenvalue weighted by Crippen LogP contribution is -2.05. The van der Waals surface area contributed by atoms with Crippen LogP contribution in [0.1, 0.15) is 15.9 Å². The van der Waals surface area contributed by atoms with E-state index in [9.17, 15) is 9.90 Å². The summed E-state index contributed by atoms with van der Waals surface area (Å²) in [6, 6.07) is 10.8. The van der Waals surface area contributed by atoms with Gasteiger partial charge in [0.05, 0.1) is 5.56 Å². The van der Waals surface area contributed by atoms with Gasteiger partial charge in [-0.25, -0.2) is 9.78 Å². The number of hydrogen-bond acceptors (Lipinski definition) is 4. The van der Waals surface area contributed by atoms with Crippen molar-refractivity contribution in [2.45, 2.75) is 6.54 Å². The Kier molecular flexibility index (Phi) is 3.47. The normalized spacial score (nSPS) is 10.5. The van der Waals surface area contributed by atoms with Gasteiger partial charge < -0.3 is 10.4 Å². The number of anilines is 1. The Hall–Kier alpha value is -2.95. The van der Waals surface area contributed by atoms with Crippen LogP contribution in [0, 0.1) is 0 Å². The molecule has 0 aliphatic carbocycles. The van der Waals surface area contributed by atoms with Crippen molar-refractivity contribution in [2.75, 3.05) is 5.32 Å². The van der Waals surface area contributed by atoms with Crippen LogP contribution in [-0.4, -0.2) is 21.0 Å². The molecule has 0 saturated heterocycles. The van der Waals surface area contributed by atoms with Crippen molar-refractivity contribution in [3.63, 3.8) is 0 Å². The third kappa shape index (κ3) is 2.67. The maximum atomic E-state index is 11.4. The molecule has 3 rings (SSSR count). The van der Waals surface area contributed by atoms with E-state index in [1.165, 1.54) is 0 Å². The van der Waals surface area contributed by atoms with Gasteiger partial charge in [-0.1, -0.05) is 12.1 Å². The van der Waals surface area contributed by atoms with Crippen LogP contribution in [0.15, 0.2) is 55.0 Å². The number of aromatic nitrogens is 2. The molecule has 5 heteroatoms. The number of hydrogen-bond donors (Lipinski definition) is 2. The van der Waals surface area contributed by atoms with Crippen molar-refractivity contribution in [3.05, 3.63) is 66.1 Å². The summed E-state index contributed by atoms with van der Waals surface area (Å²) >= 11 is 0. The smallest absolute Gasteiger partial charge is 0.336 e. The van der Waals surface area contributed by atoms with Crippen molar-refractivity contribution < 1.29 is 9.90 Å². The summed E-state index contributed by atoms with van der Waals surface area (Å²) in [5.41, 5.74) is 1.30. The summed E-state index contributed by atoms with van der Waals surface area (Å²) in [7, 11) is 0. The van der Waals surface area contributed by atoms with Crippen molar-refractivity contribution in [3.8, 4) is 0 Å². The van der Waals surface area contributed by atoms with E-state index in [2.05, 4.69) is 15.3 Å². The summed E-state index contributed by atoms with van der Waals surface area (Å²) in [5, 5.41) is 14.0. The van der Waals surface area contributed by atoms with Gasteiger partial charge in [0.25, 0.3) is 0 Å². The number of carbonyl (C=O) groups is 1. The Morgan fingerprint density at radius 1 is 1.10 bits per heavy atom. The lowest BCUT2D eigenvalue weighted by molar-refractivity contribution is 0.0699. The number of pyridine rings is 2. The average Bonchev–Trinajstić information content (AvgIpc) is 2.53. The van der Waals surface area contributed by atoms with Gasteiger partial charge in [0.15, 0.2) is 0 Å². The molecule has 0 unspecified atom stereocenters. The van der Waals surface area contributed by atoms with E-state index in [0.717, 1.165) is 10.9 Å². The minimum atomic E-state index is -0.958. The molecule has 0 spiro atoms. The fraction of sp³-hybridized carbons (Fsp3) is 0.0625. The number of nitrogens with zero attached hydrogens (tertiary/aromatic N) is 2. The van der Waals surface area contributed by atoms with Gasteiger partial charge in [0.1, 0.15) is 5.82 Å². The van der Waals surface area contributed by atoms with E-state index in [-0.39, 0.29) is 5.56 Å². The Balaban J connectivity index is 2.00. The van der Waals surface area contributed by atoms with Crippen LogP contribution >= 0.6 is 0 Å². The fourth-order valence-corrected chi connectivity index (χ4v) is 2.23. The van der Waals surface area contributed by atoms with Crippen LogP contribution < -0.4 is 5.32 Å². The number of nitrogens with one attached hydrogen (secondary N) is 1. The minimum Gasteiger partial charge on any atom is -0.478 e. The van der Waals surface area contributed by atoms with Crippen molar-refractivity contribution >= 4 is 22.6 Å². The maximum Gasteiger partial charge on any atom is 0.336 e. The van der Waals surface area contributed by atoms with Gasteiger partial charge >= 0.3 is 5.97 Å². The standard InChI is InChI=1S/C16H13N3O2/c20-16(21)13-3-1-2-12-6-9-18-15(14(12)13)19-10-11-4-7-17-8-5-11/h1-9H,10H2,(H,18,19)(H,20,21). The van der Waals surface area contributed by atoms with Gasteiger partial charge in [-0.3, -0.25) is 4.98 Å². The number of rotatable bonds is 4. The zero-order valence-corrected chi connectivity index (χ0v) is 11.2. The molecule has 0 amide bonds. The first-order chi connectivity index (χ1) is 10.3. The number of carboxylic acids is 1. The highest BCUT2D eigenvalue weighted by Gasteiger charge is 2.12. The van der Waals surface area contributed by atoms with Crippen LogP contribution in [-0.2, 0) is 6.54 Å². The summed E-state index contributed by atoms with van der Waals surface area (Å²) in [6.45, 7) is 0.558. The summed E-state index contributed by atoms with van der Waals surface area (Å²) in [4.78, 5) is 19.6. The SMILES string of the molecule is O=C(O)c1cccc2ccnc(NCc3ccncc3)c12. The van der Waals surface area contributed by atoms with Gasteiger partial charge in [-0.15, -0.1) is 0 Å². The predicted molar refractivity (Wildman–Crippen MR) is 80.3 cm³/mol. The first-order valence-corrected chi connectivity index (χ1v) is 6.49. The van der Waals surface area contributed by atoms with Crippen LogP contribution in [0.3, 0.4) is 0 Å². The molecule has 0 fully saturated rings. The molecule has 0 bridgehead atoms. The van der Waals surface area contributed by atoms with E-state index in [1.54, 1.807) is 36.8 Å². The zero-order chi connectivity index (χ0) is 14.7. The molecule has 104 valence electrons. The Morgan fingerprint density at radius 2 is 1.90 bits per heavy atom. The van der Waals surface area contributed by atoms with Crippen molar-refractivity contribution in [1.82, 2.24) is 9.97 Å². The van der Waals surface area contributed by atoms with E-state index in [0.29, 0.717) is 17.7 Å². The molecule has 2 heterocycles. The molecule has 3 aromatic rings. The Labute approximate surface area is 121 Å². The Bertz CT molecular complexity index is 783. The minimum absolute atomic E-state index is 0.248. The molecule has 0 atom stereocenters. The molecular formula is C16H13N3O2. The molecule has 21 heavy (non-hydrogen) atoms. The van der Waals surface area contributed by atoms with Crippen LogP contribution in [0.4, 0.5) is 5.82 Å². The average molecular weight is 279 g/mol. The van der Waals surface area contributed by atoms with E-state index >= 15 is 0 Å². The quantitative estimate of drug-likeness (QED) is 0.768. The van der Waals surface area contributed by atoms with Crippen molar-refractivity contribution in [1.29, 1.82) is 0 Å². The summed E-state index contributed by atoms with van der Waals surface area (Å²) in [6.07, 6.45) is 5.11. The molecule has 1 aromatic carbocycles. The van der Waals surface area contributed by atoms with E-state index < -0.39 is 5.97 Å². The molecule has 2 N–H and O–H groups in total. The topological polar surface area (TPSA) is 75.1 Å². The predicted octanol–water partition coefficient (Wildman–Crippen LogP) is 2.94. The molecule has 0 saturated carbocycles. The lowest BCUT2D eigenvalue weighted by atomic mass is 10.1. The molecule has 0 aliphatic rings. The maximum absolute atomic E-state index is 11.4. The number of aromatic carboxylic acids is 1. The molecule has 0 radical (unpaired) electrons. The highest BCUT2D eigenvalue weighted by molar-refractivity contribution is 6.08. The zero-order valence-electron chi connectivity index (χ0n) is 11.2. The van der Waals surface area contributed by atoms with Crippen LogP contribution in [0.2, 0.25) is 0 Å². The number of benzene rings is 1. The van der Waals surface area contributed by atoms with Gasteiger partial charge in [0.2, 0.25) is 0 Å². The highest BCUT2D eigenvalue weighted by Crippen LogP contribution is 2.25. The van der Waals surface area contributed by atoms with Crippen LogP contribution in [0.25, 0.3) is 10.8 Å². The summed E-state index contributed by atoms with van der Waals surface area (Å²) < 4.78 is 0. The van der Waals surface area contributed by atoms with Gasteiger partial charge in [0, 0.05) is 30.5 Å². The molecule has 5 nitrogen and oxygen atoms in total. The van der Waals surface area contributed by atoms with Gasteiger partial charge in [-0.05, 0) is 35.2 Å². The third-order valence-electron chi connectivity index (χ3n) is 3.23. The Morgan fingerprint density at radius 3 is 2.67 bits per heavy atom. The largest absolute Gasteiger partial charge is 0.478 e. The first kappa shape index (κ1) is 13.1. The molecule has 2 aromatic heterocycles. The number of fused-ring (bicyclic) bond motifs is 1. The second kappa shape index (κ2) is 5.58. The van der Waals surface area contributed by atoms with E-state index in [4.69, 9.17) is 0 Å². The monoisotopic (exact) mass is 279 g/mol. The lowest BCUT2D eigenvalue weighted by Gasteiger charge is -2.10. The molecule has 0 aliphatic heterocycles. The second-order valence-corrected chi connectivity index (χ2v) is 4.58. The number of carboxylic acid groups (broad SMARTS) is 1. The van der Waals surface area contributed by atoms with Crippen molar-refractivity contribution in [2.24, 2.45) is 0 Å². The van der Waals surface area contributed by atoms with E-state index in [1.807, 2.05) is 18.2 Å². The molecular weight excluding hydrogens is 266 g/mol. The first-order valence-electron chi connectivity index (χ1n) is 6.49. The van der Waals surface area contributed by atoms with Crippen LogP contribution in [0.5, 0.6) is 0 Å². The third-order valence-corrected chi connectivity index (χ3v) is 3.23. The highest BCUT2D eigenvalue weighted by atomic mass is 16.4. The second-order valence-electron chi connectivity index (χ2n) is 4.58. The summed E-state index contributed by atoms with van der Waals surface area (Å²) in [5.74, 6) is -0.386.